The first kappa shape index (κ1) is 13.3. The van der Waals surface area contributed by atoms with Crippen molar-refractivity contribution in [3.63, 3.8) is 0 Å². The van der Waals surface area contributed by atoms with Crippen molar-refractivity contribution in [2.45, 2.75) is 6.92 Å². The number of fused-ring (bicyclic) bond motifs is 1. The van der Waals surface area contributed by atoms with E-state index in [9.17, 15) is 9.59 Å². The van der Waals surface area contributed by atoms with Gasteiger partial charge < -0.3 is 10.1 Å². The Bertz CT molecular complexity index is 601. The lowest BCUT2D eigenvalue weighted by molar-refractivity contribution is -0.114. The maximum Gasteiger partial charge on any atom is 0.350 e. The third-order valence-electron chi connectivity index (χ3n) is 2.46. The van der Waals surface area contributed by atoms with E-state index in [0.717, 1.165) is 0 Å². The highest BCUT2D eigenvalue weighted by Gasteiger charge is 2.13. The van der Waals surface area contributed by atoms with Crippen LogP contribution in [0.3, 0.4) is 0 Å². The van der Waals surface area contributed by atoms with Gasteiger partial charge >= 0.3 is 5.97 Å². The summed E-state index contributed by atoms with van der Waals surface area (Å²) in [5.74, 6) is -0.637. The quantitative estimate of drug-likeness (QED) is 0.731. The van der Waals surface area contributed by atoms with Gasteiger partial charge in [0.1, 0.15) is 4.88 Å². The number of carbonyl (C=O) groups excluding carboxylic acids is 2. The predicted molar refractivity (Wildman–Crippen MR) is 75.4 cm³/mol. The normalized spacial score (nSPS) is 10.0. The van der Waals surface area contributed by atoms with Crippen molar-refractivity contribution in [1.29, 1.82) is 0 Å². The van der Waals surface area contributed by atoms with Gasteiger partial charge in [-0.15, -0.1) is 11.3 Å². The largest absolute Gasteiger partial charge is 0.465 e. The maximum atomic E-state index is 11.1. The molecule has 5 heteroatoms. The first-order valence-electron chi connectivity index (χ1n) is 5.65. The van der Waals surface area contributed by atoms with Gasteiger partial charge in [0.25, 0.3) is 0 Å². The highest BCUT2D eigenvalue weighted by Crippen LogP contribution is 2.32. The molecule has 19 heavy (non-hydrogen) atoms. The number of hydrogen-bond acceptors (Lipinski definition) is 4. The number of nitrogens with one attached hydrogen (secondary N) is 1. The van der Waals surface area contributed by atoms with E-state index in [4.69, 9.17) is 0 Å². The molecule has 1 N–H and O–H groups in total. The summed E-state index contributed by atoms with van der Waals surface area (Å²) in [6.45, 7) is 1.39. The molecule has 1 heterocycles. The van der Waals surface area contributed by atoms with Crippen LogP contribution in [0, 0.1) is 0 Å². The SMILES string of the molecule is COC(=O)c1sccc1NC(C)=O.c1cc2cc-2c1. The molecule has 2 aliphatic rings. The van der Waals surface area contributed by atoms with Crippen LogP contribution in [-0.2, 0) is 9.53 Å². The number of amides is 1. The van der Waals surface area contributed by atoms with Gasteiger partial charge in [0.2, 0.25) is 5.91 Å². The van der Waals surface area contributed by atoms with Crippen LogP contribution in [0.4, 0.5) is 5.69 Å². The van der Waals surface area contributed by atoms with E-state index in [1.165, 1.54) is 36.5 Å². The zero-order valence-electron chi connectivity index (χ0n) is 10.6. The van der Waals surface area contributed by atoms with E-state index < -0.39 is 5.97 Å². The molecular formula is C14H13NO3S. The lowest BCUT2D eigenvalue weighted by Gasteiger charge is -2.01. The molecule has 1 aromatic heterocycles. The van der Waals surface area contributed by atoms with Gasteiger partial charge in [-0.05, 0) is 28.6 Å². The first-order chi connectivity index (χ1) is 9.11. The highest BCUT2D eigenvalue weighted by atomic mass is 32.1. The van der Waals surface area contributed by atoms with Crippen LogP contribution in [0.15, 0.2) is 35.7 Å². The molecule has 98 valence electrons. The molecule has 0 saturated carbocycles. The van der Waals surface area contributed by atoms with Crippen LogP contribution < -0.4 is 5.32 Å². The zero-order chi connectivity index (χ0) is 13.8. The van der Waals surface area contributed by atoms with E-state index in [2.05, 4.69) is 34.3 Å². The summed E-state index contributed by atoms with van der Waals surface area (Å²) in [7, 11) is 1.31. The Morgan fingerprint density at radius 2 is 1.89 bits per heavy atom. The van der Waals surface area contributed by atoms with Crippen LogP contribution in [0.1, 0.15) is 16.6 Å². The fourth-order valence-electron chi connectivity index (χ4n) is 1.52. The average molecular weight is 275 g/mol. The third-order valence-corrected chi connectivity index (χ3v) is 3.35. The lowest BCUT2D eigenvalue weighted by atomic mass is 10.4. The van der Waals surface area contributed by atoms with Crippen LogP contribution in [0.2, 0.25) is 0 Å². The first-order valence-corrected chi connectivity index (χ1v) is 6.53. The standard InChI is InChI=1S/C8H9NO3S.C6H4/c1-5(10)9-6-3-4-13-7(6)8(11)12-2;1-2-5-4-6(5)3-1/h3-4H,1-2H3,(H,9,10);1-4H. The Kier molecular flexibility index (Phi) is 3.97. The Balaban J connectivity index is 0.000000180. The number of ether oxygens (including phenoxy) is 1. The lowest BCUT2D eigenvalue weighted by Crippen LogP contribution is -2.09. The van der Waals surface area contributed by atoms with Crippen LogP contribution >= 0.6 is 11.3 Å². The van der Waals surface area contributed by atoms with Gasteiger partial charge in [-0.1, -0.05) is 18.2 Å². The number of rotatable bonds is 2. The van der Waals surface area contributed by atoms with E-state index in [1.807, 2.05) is 0 Å². The van der Waals surface area contributed by atoms with E-state index in [-0.39, 0.29) is 5.91 Å². The van der Waals surface area contributed by atoms with Crippen molar-refractivity contribution in [1.82, 2.24) is 0 Å². The second-order valence-corrected chi connectivity index (χ2v) is 4.83. The second kappa shape index (κ2) is 5.67. The fourth-order valence-corrected chi connectivity index (χ4v) is 2.29. The molecule has 2 aliphatic carbocycles. The number of benzene rings is 1. The fraction of sp³-hybridized carbons (Fsp3) is 0.143. The predicted octanol–water partition coefficient (Wildman–Crippen LogP) is 3.16. The molecule has 0 saturated heterocycles. The van der Waals surface area contributed by atoms with Crippen LogP contribution in [0.25, 0.3) is 11.1 Å². The smallest absolute Gasteiger partial charge is 0.350 e. The van der Waals surface area contributed by atoms with Gasteiger partial charge in [-0.3, -0.25) is 4.79 Å². The minimum absolute atomic E-state index is 0.205. The molecule has 1 aromatic rings. The van der Waals surface area contributed by atoms with Crippen molar-refractivity contribution in [2.24, 2.45) is 0 Å². The van der Waals surface area contributed by atoms with Crippen molar-refractivity contribution < 1.29 is 14.3 Å². The monoisotopic (exact) mass is 275 g/mol. The molecule has 4 nitrogen and oxygen atoms in total. The summed E-state index contributed by atoms with van der Waals surface area (Å²) in [5, 5.41) is 4.26. The number of esters is 1. The highest BCUT2D eigenvalue weighted by molar-refractivity contribution is 7.12. The number of anilines is 1. The van der Waals surface area contributed by atoms with E-state index in [0.29, 0.717) is 10.6 Å². The topological polar surface area (TPSA) is 55.4 Å². The second-order valence-electron chi connectivity index (χ2n) is 3.92. The van der Waals surface area contributed by atoms with E-state index >= 15 is 0 Å². The number of thiophene rings is 1. The van der Waals surface area contributed by atoms with Crippen molar-refractivity contribution in [2.75, 3.05) is 12.4 Å². The average Bonchev–Trinajstić information content (AvgIpc) is 2.79. The summed E-state index contributed by atoms with van der Waals surface area (Å²) in [6, 6.07) is 10.1. The van der Waals surface area contributed by atoms with Gasteiger partial charge in [-0.2, -0.15) is 0 Å². The number of methoxy groups -OCH3 is 1. The zero-order valence-corrected chi connectivity index (χ0v) is 11.4. The Morgan fingerprint density at radius 1 is 1.21 bits per heavy atom. The molecule has 1 amide bonds. The minimum Gasteiger partial charge on any atom is -0.465 e. The molecule has 0 fully saturated rings. The van der Waals surface area contributed by atoms with E-state index in [1.54, 1.807) is 11.4 Å². The van der Waals surface area contributed by atoms with Gasteiger partial charge in [0.05, 0.1) is 12.8 Å². The van der Waals surface area contributed by atoms with Crippen LogP contribution in [-0.4, -0.2) is 19.0 Å². The molecule has 0 radical (unpaired) electrons. The van der Waals surface area contributed by atoms with Gasteiger partial charge in [-0.25, -0.2) is 4.79 Å². The maximum absolute atomic E-state index is 11.1. The van der Waals surface area contributed by atoms with Crippen molar-refractivity contribution >= 4 is 28.9 Å². The molecule has 0 bridgehead atoms. The summed E-state index contributed by atoms with van der Waals surface area (Å²) in [6.07, 6.45) is 0. The molecule has 0 aliphatic heterocycles. The van der Waals surface area contributed by atoms with Crippen molar-refractivity contribution in [3.8, 4) is 11.1 Å². The number of carbonyl (C=O) groups is 2. The van der Waals surface area contributed by atoms with Gasteiger partial charge in [0.15, 0.2) is 0 Å². The van der Waals surface area contributed by atoms with Gasteiger partial charge in [0, 0.05) is 6.92 Å². The van der Waals surface area contributed by atoms with Crippen molar-refractivity contribution in [3.05, 3.63) is 40.6 Å². The molecule has 0 unspecified atom stereocenters. The summed E-state index contributed by atoms with van der Waals surface area (Å²) in [4.78, 5) is 22.2. The summed E-state index contributed by atoms with van der Waals surface area (Å²) < 4.78 is 4.54. The molecule has 0 atom stereocenters. The number of hydrogen-bond donors (Lipinski definition) is 1. The third kappa shape index (κ3) is 3.42. The summed E-state index contributed by atoms with van der Waals surface area (Å²) in [5.41, 5.74) is 3.36. The Hall–Kier alpha value is -2.14. The molecule has 0 spiro atoms. The molecule has 0 aromatic carbocycles. The Morgan fingerprint density at radius 3 is 2.32 bits per heavy atom. The Labute approximate surface area is 115 Å². The van der Waals surface area contributed by atoms with Crippen LogP contribution in [0.5, 0.6) is 0 Å². The molecular weight excluding hydrogens is 262 g/mol. The molecule has 3 rings (SSSR count). The summed E-state index contributed by atoms with van der Waals surface area (Å²) >= 11 is 1.23. The minimum atomic E-state index is -0.432.